The molecular formula is C15H20N2O. The maximum atomic E-state index is 12.3. The van der Waals surface area contributed by atoms with Gasteiger partial charge in [-0.2, -0.15) is 0 Å². The molecule has 1 N–H and O–H groups in total. The lowest BCUT2D eigenvalue weighted by atomic mass is 9.95. The van der Waals surface area contributed by atoms with Gasteiger partial charge in [-0.1, -0.05) is 36.4 Å². The van der Waals surface area contributed by atoms with Crippen LogP contribution in [0.25, 0.3) is 0 Å². The number of hydrogen-bond acceptors (Lipinski definition) is 2. The van der Waals surface area contributed by atoms with E-state index in [2.05, 4.69) is 24.0 Å². The lowest BCUT2D eigenvalue weighted by Gasteiger charge is -2.29. The van der Waals surface area contributed by atoms with Gasteiger partial charge in [0.15, 0.2) is 0 Å². The normalized spacial score (nSPS) is 18.0. The van der Waals surface area contributed by atoms with Gasteiger partial charge in [0.05, 0.1) is 6.04 Å². The molecule has 0 spiro atoms. The minimum Gasteiger partial charge on any atom is -0.340 e. The molecular weight excluding hydrogens is 224 g/mol. The molecule has 1 amide bonds. The number of fused-ring (bicyclic) bond motifs is 1. The summed E-state index contributed by atoms with van der Waals surface area (Å²) in [6, 6.07) is 8.18. The third-order valence-corrected chi connectivity index (χ3v) is 3.26. The van der Waals surface area contributed by atoms with Crippen molar-refractivity contribution >= 4 is 5.91 Å². The maximum absolute atomic E-state index is 12.3. The summed E-state index contributed by atoms with van der Waals surface area (Å²) >= 11 is 0. The molecule has 3 heteroatoms. The van der Waals surface area contributed by atoms with Crippen molar-refractivity contribution in [2.24, 2.45) is 0 Å². The van der Waals surface area contributed by atoms with Gasteiger partial charge < -0.3 is 10.2 Å². The van der Waals surface area contributed by atoms with E-state index in [0.29, 0.717) is 6.54 Å². The van der Waals surface area contributed by atoms with Crippen molar-refractivity contribution in [1.82, 2.24) is 10.2 Å². The third-order valence-electron chi connectivity index (χ3n) is 3.26. The number of amides is 1. The number of hydrogen-bond donors (Lipinski definition) is 1. The summed E-state index contributed by atoms with van der Waals surface area (Å²) in [6.45, 7) is 7.18. The monoisotopic (exact) mass is 244 g/mol. The van der Waals surface area contributed by atoms with Crippen LogP contribution in [0.3, 0.4) is 0 Å². The van der Waals surface area contributed by atoms with Gasteiger partial charge >= 0.3 is 0 Å². The molecule has 1 heterocycles. The molecule has 0 bridgehead atoms. The van der Waals surface area contributed by atoms with Crippen molar-refractivity contribution in [3.8, 4) is 0 Å². The summed E-state index contributed by atoms with van der Waals surface area (Å²) in [4.78, 5) is 14.0. The van der Waals surface area contributed by atoms with Crippen LogP contribution in [0.1, 0.15) is 18.1 Å². The highest BCUT2D eigenvalue weighted by molar-refractivity contribution is 5.82. The standard InChI is InChI=1S/C15H20N2O/c1-11(2)10-17(3)15(18)14-8-12-6-4-5-7-13(12)9-16-14/h4-7,14,16H,1,8-10H2,2-3H3/t14-/m0/s1. The van der Waals surface area contributed by atoms with Crippen LogP contribution in [0, 0.1) is 0 Å². The Hall–Kier alpha value is -1.61. The molecule has 1 aliphatic heterocycles. The molecule has 0 saturated carbocycles. The van der Waals surface area contributed by atoms with Gasteiger partial charge in [-0.15, -0.1) is 0 Å². The van der Waals surface area contributed by atoms with Gasteiger partial charge in [-0.3, -0.25) is 4.79 Å². The Bertz CT molecular complexity index is 467. The molecule has 1 aromatic carbocycles. The first kappa shape index (κ1) is 12.8. The molecule has 0 unspecified atom stereocenters. The Morgan fingerprint density at radius 3 is 2.78 bits per heavy atom. The largest absolute Gasteiger partial charge is 0.340 e. The molecule has 1 atom stereocenters. The summed E-state index contributed by atoms with van der Waals surface area (Å²) in [6.07, 6.45) is 0.773. The number of benzene rings is 1. The van der Waals surface area contributed by atoms with Gasteiger partial charge in [-0.05, 0) is 24.5 Å². The second kappa shape index (κ2) is 5.36. The van der Waals surface area contributed by atoms with E-state index in [4.69, 9.17) is 0 Å². The van der Waals surface area contributed by atoms with E-state index < -0.39 is 0 Å². The Labute approximate surface area is 108 Å². The number of carbonyl (C=O) groups is 1. The van der Waals surface area contributed by atoms with Crippen LogP contribution < -0.4 is 5.32 Å². The fourth-order valence-corrected chi connectivity index (χ4v) is 2.38. The predicted molar refractivity (Wildman–Crippen MR) is 73.2 cm³/mol. The van der Waals surface area contributed by atoms with Gasteiger partial charge in [0.25, 0.3) is 0 Å². The van der Waals surface area contributed by atoms with Crippen LogP contribution in [-0.2, 0) is 17.8 Å². The number of nitrogens with one attached hydrogen (secondary N) is 1. The molecule has 18 heavy (non-hydrogen) atoms. The quantitative estimate of drug-likeness (QED) is 0.821. The van der Waals surface area contributed by atoms with Crippen molar-refractivity contribution < 1.29 is 4.79 Å². The molecule has 1 aliphatic rings. The molecule has 0 aromatic heterocycles. The zero-order valence-corrected chi connectivity index (χ0v) is 11.1. The van der Waals surface area contributed by atoms with E-state index in [9.17, 15) is 4.79 Å². The summed E-state index contributed by atoms with van der Waals surface area (Å²) in [7, 11) is 1.83. The van der Waals surface area contributed by atoms with E-state index in [1.54, 1.807) is 4.90 Å². The van der Waals surface area contributed by atoms with Gasteiger partial charge in [-0.25, -0.2) is 0 Å². The van der Waals surface area contributed by atoms with Crippen molar-refractivity contribution in [3.63, 3.8) is 0 Å². The van der Waals surface area contributed by atoms with Crippen LogP contribution in [0.4, 0.5) is 0 Å². The minimum atomic E-state index is -0.107. The zero-order valence-electron chi connectivity index (χ0n) is 11.1. The van der Waals surface area contributed by atoms with Crippen molar-refractivity contribution in [2.75, 3.05) is 13.6 Å². The topological polar surface area (TPSA) is 32.3 Å². The molecule has 3 nitrogen and oxygen atoms in total. The molecule has 0 fully saturated rings. The summed E-state index contributed by atoms with van der Waals surface area (Å²) in [5, 5.41) is 3.31. The van der Waals surface area contributed by atoms with Crippen molar-refractivity contribution in [3.05, 3.63) is 47.5 Å². The van der Waals surface area contributed by atoms with Crippen LogP contribution >= 0.6 is 0 Å². The second-order valence-corrected chi connectivity index (χ2v) is 5.06. The Morgan fingerprint density at radius 1 is 1.44 bits per heavy atom. The van der Waals surface area contributed by atoms with Gasteiger partial charge in [0, 0.05) is 20.1 Å². The smallest absolute Gasteiger partial charge is 0.240 e. The number of rotatable bonds is 3. The second-order valence-electron chi connectivity index (χ2n) is 5.06. The van der Waals surface area contributed by atoms with E-state index in [0.717, 1.165) is 18.5 Å². The van der Waals surface area contributed by atoms with Gasteiger partial charge in [0.1, 0.15) is 0 Å². The number of nitrogens with zero attached hydrogens (tertiary/aromatic N) is 1. The Kier molecular flexibility index (Phi) is 3.82. The maximum Gasteiger partial charge on any atom is 0.240 e. The SMILES string of the molecule is C=C(C)CN(C)C(=O)[C@@H]1Cc2ccccc2CN1. The minimum absolute atomic E-state index is 0.107. The van der Waals surface area contributed by atoms with Crippen LogP contribution in [0.5, 0.6) is 0 Å². The fourth-order valence-electron chi connectivity index (χ4n) is 2.38. The van der Waals surface area contributed by atoms with Crippen LogP contribution in [-0.4, -0.2) is 30.4 Å². The van der Waals surface area contributed by atoms with Crippen LogP contribution in [0.15, 0.2) is 36.4 Å². The number of carbonyl (C=O) groups excluding carboxylic acids is 1. The first-order chi connectivity index (χ1) is 8.58. The summed E-state index contributed by atoms with van der Waals surface area (Å²) < 4.78 is 0. The van der Waals surface area contributed by atoms with E-state index in [1.807, 2.05) is 26.1 Å². The van der Waals surface area contributed by atoms with E-state index in [1.165, 1.54) is 11.1 Å². The Morgan fingerprint density at radius 2 is 2.11 bits per heavy atom. The highest BCUT2D eigenvalue weighted by Crippen LogP contribution is 2.17. The van der Waals surface area contributed by atoms with E-state index >= 15 is 0 Å². The molecule has 0 saturated heterocycles. The lowest BCUT2D eigenvalue weighted by molar-refractivity contribution is -0.131. The van der Waals surface area contributed by atoms with Crippen molar-refractivity contribution in [1.29, 1.82) is 0 Å². The number of likely N-dealkylation sites (N-methyl/N-ethyl adjacent to an activating group) is 1. The summed E-state index contributed by atoms with van der Waals surface area (Å²) in [5.74, 6) is 0.146. The Balaban J connectivity index is 2.04. The average molecular weight is 244 g/mol. The first-order valence-electron chi connectivity index (χ1n) is 6.27. The first-order valence-corrected chi connectivity index (χ1v) is 6.27. The summed E-state index contributed by atoms with van der Waals surface area (Å²) in [5.41, 5.74) is 3.57. The lowest BCUT2D eigenvalue weighted by Crippen LogP contribution is -2.48. The average Bonchev–Trinajstić information content (AvgIpc) is 2.36. The van der Waals surface area contributed by atoms with E-state index in [-0.39, 0.29) is 11.9 Å². The van der Waals surface area contributed by atoms with Crippen LogP contribution in [0.2, 0.25) is 0 Å². The molecule has 0 aliphatic carbocycles. The highest BCUT2D eigenvalue weighted by atomic mass is 16.2. The van der Waals surface area contributed by atoms with Crippen molar-refractivity contribution in [2.45, 2.75) is 25.9 Å². The highest BCUT2D eigenvalue weighted by Gasteiger charge is 2.26. The third kappa shape index (κ3) is 2.79. The van der Waals surface area contributed by atoms with Gasteiger partial charge in [0.2, 0.25) is 5.91 Å². The molecule has 0 radical (unpaired) electrons. The fraction of sp³-hybridized carbons (Fsp3) is 0.400. The molecule has 2 rings (SSSR count). The predicted octanol–water partition coefficient (Wildman–Crippen LogP) is 1.74. The molecule has 96 valence electrons. The zero-order chi connectivity index (χ0) is 13.1. The molecule has 1 aromatic rings.